The fourth-order valence-electron chi connectivity index (χ4n) is 1.90. The van der Waals surface area contributed by atoms with E-state index in [2.05, 4.69) is 15.5 Å². The Hall–Kier alpha value is -1.79. The van der Waals surface area contributed by atoms with Crippen molar-refractivity contribution in [3.63, 3.8) is 0 Å². The van der Waals surface area contributed by atoms with Crippen LogP contribution in [0.1, 0.15) is 19.7 Å². The van der Waals surface area contributed by atoms with Crippen molar-refractivity contribution in [3.8, 4) is 0 Å². The van der Waals surface area contributed by atoms with E-state index in [1.807, 2.05) is 37.3 Å². The molecule has 0 radical (unpaired) electrons. The molecule has 20 heavy (non-hydrogen) atoms. The van der Waals surface area contributed by atoms with Gasteiger partial charge in [0, 0.05) is 17.7 Å². The van der Waals surface area contributed by atoms with Crippen LogP contribution in [0.15, 0.2) is 30.3 Å². The first-order valence-electron chi connectivity index (χ1n) is 6.28. The summed E-state index contributed by atoms with van der Waals surface area (Å²) in [6.07, 6.45) is 0.724. The van der Waals surface area contributed by atoms with Crippen molar-refractivity contribution >= 4 is 38.7 Å². The van der Waals surface area contributed by atoms with E-state index in [-0.39, 0.29) is 5.91 Å². The summed E-state index contributed by atoms with van der Waals surface area (Å²) in [7, 11) is 0. The monoisotopic (exact) mass is 303 g/mol. The van der Waals surface area contributed by atoms with Crippen LogP contribution in [0.3, 0.4) is 0 Å². The van der Waals surface area contributed by atoms with Gasteiger partial charge in [-0.15, -0.1) is 32.9 Å². The molecule has 6 heteroatoms. The molecule has 0 aliphatic rings. The summed E-state index contributed by atoms with van der Waals surface area (Å²) in [6.45, 7) is 2.51. The van der Waals surface area contributed by atoms with Gasteiger partial charge < -0.3 is 5.32 Å². The highest BCUT2D eigenvalue weighted by Gasteiger charge is 2.09. The second-order valence-electron chi connectivity index (χ2n) is 4.37. The molecule has 0 bridgehead atoms. The third kappa shape index (κ3) is 2.86. The zero-order valence-electron chi connectivity index (χ0n) is 10.9. The maximum absolute atomic E-state index is 12.1. The van der Waals surface area contributed by atoms with Gasteiger partial charge >= 0.3 is 0 Å². The average Bonchev–Trinajstić information content (AvgIpc) is 3.04. The fraction of sp³-hybridized carbons (Fsp3) is 0.214. The van der Waals surface area contributed by atoms with E-state index in [4.69, 9.17) is 0 Å². The van der Waals surface area contributed by atoms with E-state index in [0.717, 1.165) is 31.4 Å². The summed E-state index contributed by atoms with van der Waals surface area (Å²) in [5.74, 6) is -0.0209. The summed E-state index contributed by atoms with van der Waals surface area (Å²) in [6, 6.07) is 9.95. The highest BCUT2D eigenvalue weighted by Crippen LogP contribution is 2.24. The van der Waals surface area contributed by atoms with Crippen LogP contribution in [0.2, 0.25) is 0 Å². The predicted molar refractivity (Wildman–Crippen MR) is 82.5 cm³/mol. The van der Waals surface area contributed by atoms with Gasteiger partial charge in [0.2, 0.25) is 0 Å². The molecular formula is C14H13N3OS2. The van der Waals surface area contributed by atoms with Crippen LogP contribution in [0.4, 0.5) is 0 Å². The molecule has 0 saturated carbocycles. The Balaban J connectivity index is 1.61. The summed E-state index contributed by atoms with van der Waals surface area (Å²) < 4.78 is 1.14. The lowest BCUT2D eigenvalue weighted by atomic mass is 10.2. The minimum Gasteiger partial charge on any atom is -0.351 e. The first kappa shape index (κ1) is 13.2. The number of benzene rings is 1. The maximum Gasteiger partial charge on any atom is 0.261 e. The van der Waals surface area contributed by atoms with E-state index in [1.54, 1.807) is 11.3 Å². The van der Waals surface area contributed by atoms with E-state index < -0.39 is 0 Å². The molecule has 4 nitrogen and oxygen atoms in total. The van der Waals surface area contributed by atoms with Crippen molar-refractivity contribution in [2.45, 2.75) is 13.3 Å². The van der Waals surface area contributed by atoms with Gasteiger partial charge in [0.1, 0.15) is 10.0 Å². The highest BCUT2D eigenvalue weighted by molar-refractivity contribution is 7.20. The molecule has 2 heterocycles. The minimum atomic E-state index is -0.0209. The molecule has 0 aliphatic heterocycles. The lowest BCUT2D eigenvalue weighted by molar-refractivity contribution is 0.0958. The van der Waals surface area contributed by atoms with Crippen LogP contribution in [-0.2, 0) is 6.42 Å². The van der Waals surface area contributed by atoms with Crippen molar-refractivity contribution < 1.29 is 4.79 Å². The van der Waals surface area contributed by atoms with E-state index >= 15 is 0 Å². The van der Waals surface area contributed by atoms with Crippen molar-refractivity contribution in [1.29, 1.82) is 0 Å². The van der Waals surface area contributed by atoms with E-state index in [1.165, 1.54) is 11.3 Å². The summed E-state index contributed by atoms with van der Waals surface area (Å²) in [5, 5.41) is 14.0. The van der Waals surface area contributed by atoms with Gasteiger partial charge in [-0.3, -0.25) is 4.79 Å². The fourth-order valence-corrected chi connectivity index (χ4v) is 3.59. The van der Waals surface area contributed by atoms with Gasteiger partial charge in [-0.05, 0) is 24.4 Å². The molecule has 1 aromatic carbocycles. The number of aromatic nitrogens is 2. The Morgan fingerprint density at radius 3 is 2.85 bits per heavy atom. The average molecular weight is 303 g/mol. The largest absolute Gasteiger partial charge is 0.351 e. The second kappa shape index (κ2) is 5.68. The van der Waals surface area contributed by atoms with Gasteiger partial charge in [-0.2, -0.15) is 0 Å². The third-order valence-electron chi connectivity index (χ3n) is 2.84. The molecule has 0 aliphatic carbocycles. The van der Waals surface area contributed by atoms with Gasteiger partial charge in [-0.1, -0.05) is 18.2 Å². The SMILES string of the molecule is Cc1nnc(CCNC(=O)c2cc3ccccc3s2)s1. The molecule has 0 fully saturated rings. The minimum absolute atomic E-state index is 0.0209. The predicted octanol–water partition coefficient (Wildman–Crippen LogP) is 3.03. The number of hydrogen-bond donors (Lipinski definition) is 1. The van der Waals surface area contributed by atoms with Gasteiger partial charge in [0.15, 0.2) is 0 Å². The summed E-state index contributed by atoms with van der Waals surface area (Å²) >= 11 is 3.09. The highest BCUT2D eigenvalue weighted by atomic mass is 32.1. The Kier molecular flexibility index (Phi) is 3.75. The van der Waals surface area contributed by atoms with Crippen LogP contribution in [0.5, 0.6) is 0 Å². The molecule has 1 amide bonds. The number of amides is 1. The molecular weight excluding hydrogens is 290 g/mol. The molecule has 0 atom stereocenters. The normalized spacial score (nSPS) is 10.8. The lowest BCUT2D eigenvalue weighted by Gasteiger charge is -2.00. The van der Waals surface area contributed by atoms with Crippen molar-refractivity contribution in [3.05, 3.63) is 45.2 Å². The molecule has 0 unspecified atom stereocenters. The standard InChI is InChI=1S/C14H13N3OS2/c1-9-16-17-13(19-9)6-7-15-14(18)12-8-10-4-2-3-5-11(10)20-12/h2-5,8H,6-7H2,1H3,(H,15,18). The number of rotatable bonds is 4. The van der Waals surface area contributed by atoms with Gasteiger partial charge in [0.25, 0.3) is 5.91 Å². The maximum atomic E-state index is 12.1. The number of carbonyl (C=O) groups is 1. The van der Waals surface area contributed by atoms with Crippen LogP contribution in [0, 0.1) is 6.92 Å². The number of carbonyl (C=O) groups excluding carboxylic acids is 1. The third-order valence-corrected chi connectivity index (χ3v) is 4.85. The zero-order chi connectivity index (χ0) is 13.9. The van der Waals surface area contributed by atoms with Crippen LogP contribution >= 0.6 is 22.7 Å². The molecule has 3 aromatic rings. The first-order valence-corrected chi connectivity index (χ1v) is 7.91. The number of hydrogen-bond acceptors (Lipinski definition) is 5. The number of nitrogens with one attached hydrogen (secondary N) is 1. The Morgan fingerprint density at radius 2 is 2.10 bits per heavy atom. The van der Waals surface area contributed by atoms with Crippen molar-refractivity contribution in [2.24, 2.45) is 0 Å². The van der Waals surface area contributed by atoms with Crippen molar-refractivity contribution in [2.75, 3.05) is 6.54 Å². The summed E-state index contributed by atoms with van der Waals surface area (Å²) in [5.41, 5.74) is 0. The second-order valence-corrected chi connectivity index (χ2v) is 6.72. The Bertz CT molecular complexity index is 715. The lowest BCUT2D eigenvalue weighted by Crippen LogP contribution is -2.24. The van der Waals surface area contributed by atoms with E-state index in [0.29, 0.717) is 6.54 Å². The number of fused-ring (bicyclic) bond motifs is 1. The van der Waals surface area contributed by atoms with Gasteiger partial charge in [0.05, 0.1) is 4.88 Å². The number of aryl methyl sites for hydroxylation is 1. The smallest absolute Gasteiger partial charge is 0.261 e. The van der Waals surface area contributed by atoms with Crippen LogP contribution in [0.25, 0.3) is 10.1 Å². The molecule has 2 aromatic heterocycles. The van der Waals surface area contributed by atoms with Crippen LogP contribution < -0.4 is 5.32 Å². The molecule has 0 spiro atoms. The first-order chi connectivity index (χ1) is 9.72. The molecule has 1 N–H and O–H groups in total. The molecule has 3 rings (SSSR count). The Labute approximate surface area is 124 Å². The van der Waals surface area contributed by atoms with E-state index in [9.17, 15) is 4.79 Å². The van der Waals surface area contributed by atoms with Crippen molar-refractivity contribution in [1.82, 2.24) is 15.5 Å². The molecule has 0 saturated heterocycles. The summed E-state index contributed by atoms with van der Waals surface area (Å²) in [4.78, 5) is 12.8. The van der Waals surface area contributed by atoms with Gasteiger partial charge in [-0.25, -0.2) is 0 Å². The quantitative estimate of drug-likeness (QED) is 0.806. The number of thiophene rings is 1. The van der Waals surface area contributed by atoms with Crippen LogP contribution in [-0.4, -0.2) is 22.6 Å². The topological polar surface area (TPSA) is 54.9 Å². The zero-order valence-corrected chi connectivity index (χ0v) is 12.6. The number of nitrogens with zero attached hydrogens (tertiary/aromatic N) is 2. The molecule has 102 valence electrons. The Morgan fingerprint density at radius 1 is 1.25 bits per heavy atom.